The number of aldehydes is 1. The summed E-state index contributed by atoms with van der Waals surface area (Å²) in [6, 6.07) is 1.99. The van der Waals surface area contributed by atoms with Crippen molar-refractivity contribution in [2.45, 2.75) is 18.3 Å². The second-order valence-corrected chi connectivity index (χ2v) is 5.09. The van der Waals surface area contributed by atoms with E-state index in [1.807, 2.05) is 6.07 Å². The van der Waals surface area contributed by atoms with E-state index in [0.29, 0.717) is 0 Å². The Bertz CT molecular complexity index is 341. The van der Waals surface area contributed by atoms with E-state index in [2.05, 4.69) is 15.9 Å². The highest BCUT2D eigenvalue weighted by molar-refractivity contribution is 9.10. The molecule has 1 heterocycles. The summed E-state index contributed by atoms with van der Waals surface area (Å²) in [5, 5.41) is 0.850. The van der Waals surface area contributed by atoms with Gasteiger partial charge in [-0.1, -0.05) is 0 Å². The average molecular weight is 261 g/mol. The smallest absolute Gasteiger partial charge is 0.188 e. The van der Waals surface area contributed by atoms with Gasteiger partial charge in [0.1, 0.15) is 6.29 Å². The van der Waals surface area contributed by atoms with Gasteiger partial charge in [-0.2, -0.15) is 0 Å². The lowest BCUT2D eigenvalue weighted by Gasteiger charge is -2.00. The average Bonchev–Trinajstić information content (AvgIpc) is 2.85. The lowest BCUT2D eigenvalue weighted by atomic mass is 10.1. The first-order valence-corrected chi connectivity index (χ1v) is 5.63. The highest BCUT2D eigenvalue weighted by Crippen LogP contribution is 2.51. The molecule has 0 spiro atoms. The first kappa shape index (κ1) is 9.21. The van der Waals surface area contributed by atoms with E-state index < -0.39 is 0 Å². The molecule has 1 aromatic heterocycles. The lowest BCUT2D eigenvalue weighted by Crippen LogP contribution is -2.04. The van der Waals surface area contributed by atoms with Crippen molar-refractivity contribution >= 4 is 33.6 Å². The quantitative estimate of drug-likeness (QED) is 0.782. The van der Waals surface area contributed by atoms with Crippen molar-refractivity contribution in [2.75, 3.05) is 7.11 Å². The molecule has 2 nitrogen and oxygen atoms in total. The molecule has 0 atom stereocenters. The predicted molar refractivity (Wildman–Crippen MR) is 55.5 cm³/mol. The van der Waals surface area contributed by atoms with E-state index >= 15 is 0 Å². The van der Waals surface area contributed by atoms with Gasteiger partial charge in [-0.25, -0.2) is 0 Å². The van der Waals surface area contributed by atoms with Crippen molar-refractivity contribution in [1.82, 2.24) is 0 Å². The van der Waals surface area contributed by atoms with Gasteiger partial charge >= 0.3 is 0 Å². The third-order valence-corrected chi connectivity index (χ3v) is 4.51. The number of halogens is 1. The molecule has 0 unspecified atom stereocenters. The van der Waals surface area contributed by atoms with E-state index in [1.54, 1.807) is 18.4 Å². The van der Waals surface area contributed by atoms with E-state index in [0.717, 1.165) is 33.5 Å². The zero-order valence-electron chi connectivity index (χ0n) is 7.17. The summed E-state index contributed by atoms with van der Waals surface area (Å²) < 4.78 is 6.10. The number of carbonyl (C=O) groups is 1. The Labute approximate surface area is 89.0 Å². The molecule has 0 radical (unpaired) electrons. The molecule has 0 amide bonds. The highest BCUT2D eigenvalue weighted by Gasteiger charge is 2.46. The van der Waals surface area contributed by atoms with E-state index in [-0.39, 0.29) is 5.41 Å². The molecular formula is C9H9BrO2S. The molecule has 1 aromatic rings. The molecule has 1 aliphatic carbocycles. The third kappa shape index (κ3) is 1.42. The molecule has 1 aliphatic rings. The second kappa shape index (κ2) is 3.10. The van der Waals surface area contributed by atoms with Gasteiger partial charge in [-0.3, -0.25) is 0 Å². The topological polar surface area (TPSA) is 26.3 Å². The fourth-order valence-electron chi connectivity index (χ4n) is 1.29. The third-order valence-electron chi connectivity index (χ3n) is 2.35. The van der Waals surface area contributed by atoms with Crippen LogP contribution in [0.15, 0.2) is 10.5 Å². The van der Waals surface area contributed by atoms with Gasteiger partial charge in [0.05, 0.1) is 17.0 Å². The van der Waals surface area contributed by atoms with Gasteiger partial charge in [-0.05, 0) is 34.8 Å². The number of carbonyl (C=O) groups excluding carboxylic acids is 1. The molecule has 0 N–H and O–H groups in total. The molecule has 1 saturated carbocycles. The maximum Gasteiger partial charge on any atom is 0.188 e. The van der Waals surface area contributed by atoms with Crippen LogP contribution in [0, 0.1) is 0 Å². The van der Waals surface area contributed by atoms with Gasteiger partial charge in [0.15, 0.2) is 5.06 Å². The van der Waals surface area contributed by atoms with Crippen molar-refractivity contribution in [1.29, 1.82) is 0 Å². The number of thiophene rings is 1. The van der Waals surface area contributed by atoms with Crippen LogP contribution in [0.25, 0.3) is 0 Å². The number of ether oxygens (including phenoxy) is 1. The van der Waals surface area contributed by atoms with Crippen LogP contribution in [-0.4, -0.2) is 13.4 Å². The monoisotopic (exact) mass is 260 g/mol. The van der Waals surface area contributed by atoms with Gasteiger partial charge in [0, 0.05) is 4.88 Å². The first-order valence-electron chi connectivity index (χ1n) is 4.02. The Kier molecular flexibility index (Phi) is 2.20. The van der Waals surface area contributed by atoms with Gasteiger partial charge in [-0.15, -0.1) is 11.3 Å². The standard InChI is InChI=1S/C9H9BrO2S/c1-12-8-6(10)4-7(13-8)9(5-11)2-3-9/h4-5H,2-3H2,1H3. The zero-order valence-corrected chi connectivity index (χ0v) is 9.57. The van der Waals surface area contributed by atoms with Crippen LogP contribution in [0.2, 0.25) is 0 Å². The molecule has 13 heavy (non-hydrogen) atoms. The fraction of sp³-hybridized carbons (Fsp3) is 0.444. The molecule has 0 aromatic carbocycles. The normalized spacial score (nSPS) is 18.3. The summed E-state index contributed by atoms with van der Waals surface area (Å²) in [6.45, 7) is 0. The van der Waals surface area contributed by atoms with Crippen LogP contribution in [0.5, 0.6) is 5.06 Å². The van der Waals surface area contributed by atoms with Crippen molar-refractivity contribution in [3.63, 3.8) is 0 Å². The lowest BCUT2D eigenvalue weighted by molar-refractivity contribution is -0.109. The minimum Gasteiger partial charge on any atom is -0.486 e. The first-order chi connectivity index (χ1) is 6.22. The number of rotatable bonds is 3. The maximum atomic E-state index is 10.8. The SMILES string of the molecule is COc1sc(C2(C=O)CC2)cc1Br. The maximum absolute atomic E-state index is 10.8. The van der Waals surface area contributed by atoms with E-state index in [9.17, 15) is 4.79 Å². The van der Waals surface area contributed by atoms with Crippen LogP contribution >= 0.6 is 27.3 Å². The number of hydrogen-bond donors (Lipinski definition) is 0. The molecule has 2 rings (SSSR count). The predicted octanol–water partition coefficient (Wildman–Crippen LogP) is 2.75. The minimum absolute atomic E-state index is 0.177. The van der Waals surface area contributed by atoms with Gasteiger partial charge in [0.25, 0.3) is 0 Å². The number of hydrogen-bond acceptors (Lipinski definition) is 3. The second-order valence-electron chi connectivity index (χ2n) is 3.22. The summed E-state index contributed by atoms with van der Waals surface area (Å²) in [6.07, 6.45) is 3.02. The molecule has 0 saturated heterocycles. The van der Waals surface area contributed by atoms with Gasteiger partial charge < -0.3 is 9.53 Å². The van der Waals surface area contributed by atoms with E-state index in [1.165, 1.54) is 0 Å². The zero-order chi connectivity index (χ0) is 9.47. The Morgan fingerprint density at radius 1 is 1.69 bits per heavy atom. The summed E-state index contributed by atoms with van der Waals surface area (Å²) in [5.74, 6) is 0. The van der Waals surface area contributed by atoms with Crippen LogP contribution in [0.4, 0.5) is 0 Å². The molecule has 4 heteroatoms. The Balaban J connectivity index is 2.36. The fourth-order valence-corrected chi connectivity index (χ4v) is 3.15. The summed E-state index contributed by atoms with van der Waals surface area (Å²) in [4.78, 5) is 12.0. The Morgan fingerprint density at radius 3 is 2.77 bits per heavy atom. The highest BCUT2D eigenvalue weighted by atomic mass is 79.9. The summed E-state index contributed by atoms with van der Waals surface area (Å²) in [5.41, 5.74) is -0.177. The molecule has 1 fully saturated rings. The summed E-state index contributed by atoms with van der Waals surface area (Å²) >= 11 is 4.95. The molecule has 0 bridgehead atoms. The van der Waals surface area contributed by atoms with Crippen molar-refractivity contribution < 1.29 is 9.53 Å². The van der Waals surface area contributed by atoms with Crippen LogP contribution in [-0.2, 0) is 10.2 Å². The summed E-state index contributed by atoms with van der Waals surface area (Å²) in [7, 11) is 1.64. The Morgan fingerprint density at radius 2 is 2.38 bits per heavy atom. The molecule has 0 aliphatic heterocycles. The van der Waals surface area contributed by atoms with Crippen LogP contribution in [0.3, 0.4) is 0 Å². The number of methoxy groups -OCH3 is 1. The van der Waals surface area contributed by atoms with Crippen LogP contribution < -0.4 is 4.74 Å². The van der Waals surface area contributed by atoms with Crippen molar-refractivity contribution in [3.8, 4) is 5.06 Å². The molecule has 70 valence electrons. The Hall–Kier alpha value is -0.350. The van der Waals surface area contributed by atoms with Crippen molar-refractivity contribution in [3.05, 3.63) is 15.4 Å². The van der Waals surface area contributed by atoms with Crippen LogP contribution in [0.1, 0.15) is 17.7 Å². The molecular weight excluding hydrogens is 252 g/mol. The van der Waals surface area contributed by atoms with E-state index in [4.69, 9.17) is 4.74 Å². The van der Waals surface area contributed by atoms with Gasteiger partial charge in [0.2, 0.25) is 0 Å². The largest absolute Gasteiger partial charge is 0.486 e. The van der Waals surface area contributed by atoms with Crippen molar-refractivity contribution in [2.24, 2.45) is 0 Å². The minimum atomic E-state index is -0.177.